The summed E-state index contributed by atoms with van der Waals surface area (Å²) in [6.45, 7) is 9.54. The van der Waals surface area contributed by atoms with Crippen LogP contribution < -0.4 is 5.32 Å². The van der Waals surface area contributed by atoms with E-state index in [0.717, 1.165) is 25.9 Å². The van der Waals surface area contributed by atoms with E-state index in [1.807, 2.05) is 39.1 Å². The van der Waals surface area contributed by atoms with Crippen LogP contribution in [-0.4, -0.2) is 33.9 Å². The molecule has 0 bridgehead atoms. The van der Waals surface area contributed by atoms with E-state index in [1.54, 1.807) is 6.08 Å². The summed E-state index contributed by atoms with van der Waals surface area (Å²) in [5, 5.41) is 23.4. The second-order valence-corrected chi connectivity index (χ2v) is 7.64. The monoisotopic (exact) mass is 420 g/mol. The number of likely N-dealkylation sites (tertiary alicyclic amines) is 1. The lowest BCUT2D eigenvalue weighted by atomic mass is 9.84. The molecule has 0 radical (unpaired) electrons. The molecule has 1 spiro atoms. The Morgan fingerprint density at radius 1 is 1.35 bits per heavy atom. The molecule has 1 fully saturated rings. The van der Waals surface area contributed by atoms with Crippen LogP contribution in [0, 0.1) is 11.3 Å². The van der Waals surface area contributed by atoms with Crippen LogP contribution in [0.25, 0.3) is 6.20 Å². The van der Waals surface area contributed by atoms with Gasteiger partial charge in [-0.2, -0.15) is 5.26 Å². The first-order chi connectivity index (χ1) is 15.1. The summed E-state index contributed by atoms with van der Waals surface area (Å²) in [6, 6.07) is 6.41. The van der Waals surface area contributed by atoms with Crippen molar-refractivity contribution in [2.24, 2.45) is 0 Å². The number of aliphatic hydroxyl groups is 1. The molecule has 5 nitrogen and oxygen atoms in total. The van der Waals surface area contributed by atoms with Gasteiger partial charge in [0, 0.05) is 43.2 Å². The number of nitriles is 1. The van der Waals surface area contributed by atoms with Crippen LogP contribution in [0.1, 0.15) is 52.7 Å². The van der Waals surface area contributed by atoms with E-state index in [0.29, 0.717) is 12.0 Å². The molecule has 0 aliphatic carbocycles. The quantitative estimate of drug-likeness (QED) is 0.527. The largest absolute Gasteiger partial charge is 0.380 e. The maximum atomic E-state index is 10.6. The van der Waals surface area contributed by atoms with Crippen LogP contribution >= 0.6 is 0 Å². The molecule has 1 unspecified atom stereocenters. The van der Waals surface area contributed by atoms with Crippen LogP contribution in [0.3, 0.4) is 0 Å². The molecule has 0 aromatic carbocycles. The van der Waals surface area contributed by atoms with Crippen molar-refractivity contribution in [1.82, 2.24) is 14.8 Å². The maximum absolute atomic E-state index is 10.6. The van der Waals surface area contributed by atoms with Crippen molar-refractivity contribution >= 4 is 6.20 Å². The van der Waals surface area contributed by atoms with Gasteiger partial charge >= 0.3 is 0 Å². The average molecular weight is 421 g/mol. The van der Waals surface area contributed by atoms with E-state index in [9.17, 15) is 5.11 Å². The molecule has 1 atom stereocenters. The van der Waals surface area contributed by atoms with Crippen LogP contribution in [0.5, 0.6) is 0 Å². The molecule has 2 aliphatic rings. The summed E-state index contributed by atoms with van der Waals surface area (Å²) in [7, 11) is 0. The van der Waals surface area contributed by atoms with Gasteiger partial charge in [0.05, 0.1) is 11.6 Å². The van der Waals surface area contributed by atoms with Crippen molar-refractivity contribution in [2.45, 2.75) is 58.7 Å². The standard InChI is InChI=1S/C24H30N4O.C2H6/c1-3-6-21(19-25)9-10-23(29)28-17-12-24(13-18-28)22-8-5-16-27(22)15-4-7-20(2)11-14-26-24;1-2/h3-9,11,14-16,23,26,29H,10,12-13,17-18H2,1-2H3;1-2H3/b6-3-,14-11+,15-4+,20-7-,21-9+;. The van der Waals surface area contributed by atoms with Crippen LogP contribution in [0.15, 0.2) is 72.1 Å². The summed E-state index contributed by atoms with van der Waals surface area (Å²) in [6.07, 6.45) is 19.6. The number of fused-ring (bicyclic) bond motifs is 2. The molecule has 1 aromatic heterocycles. The molecule has 5 heteroatoms. The maximum Gasteiger partial charge on any atom is 0.110 e. The number of hydrogen-bond acceptors (Lipinski definition) is 4. The van der Waals surface area contributed by atoms with Crippen molar-refractivity contribution in [3.63, 3.8) is 0 Å². The zero-order valence-electron chi connectivity index (χ0n) is 19.3. The predicted molar refractivity (Wildman–Crippen MR) is 129 cm³/mol. The van der Waals surface area contributed by atoms with Crippen LogP contribution in [0.2, 0.25) is 0 Å². The molecule has 166 valence electrons. The Balaban J connectivity index is 0.00000166. The van der Waals surface area contributed by atoms with Crippen molar-refractivity contribution in [3.05, 3.63) is 77.8 Å². The third-order valence-electron chi connectivity index (χ3n) is 5.68. The number of aromatic nitrogens is 1. The predicted octanol–water partition coefficient (Wildman–Crippen LogP) is 5.07. The Kier molecular flexibility index (Phi) is 9.58. The van der Waals surface area contributed by atoms with Gasteiger partial charge in [0.1, 0.15) is 6.23 Å². The van der Waals surface area contributed by atoms with Gasteiger partial charge in [-0.25, -0.2) is 0 Å². The molecule has 31 heavy (non-hydrogen) atoms. The topological polar surface area (TPSA) is 64.2 Å². The normalized spacial score (nSPS) is 23.4. The number of rotatable bonds is 4. The van der Waals surface area contributed by atoms with Gasteiger partial charge in [-0.3, -0.25) is 4.90 Å². The minimum atomic E-state index is -0.576. The fourth-order valence-corrected chi connectivity index (χ4v) is 4.00. The lowest BCUT2D eigenvalue weighted by Gasteiger charge is -2.44. The van der Waals surface area contributed by atoms with Gasteiger partial charge < -0.3 is 15.0 Å². The van der Waals surface area contributed by atoms with Gasteiger partial charge in [0.2, 0.25) is 0 Å². The van der Waals surface area contributed by atoms with Crippen molar-refractivity contribution in [2.75, 3.05) is 13.1 Å². The Hall–Kier alpha value is -2.81. The summed E-state index contributed by atoms with van der Waals surface area (Å²) in [5.41, 5.74) is 2.84. The molecule has 0 saturated carbocycles. The minimum absolute atomic E-state index is 0.170. The number of allylic oxidation sites excluding steroid dienone is 7. The molecule has 1 saturated heterocycles. The van der Waals surface area contributed by atoms with E-state index >= 15 is 0 Å². The Bertz CT molecular complexity index is 887. The fraction of sp³-hybridized carbons (Fsp3) is 0.423. The summed E-state index contributed by atoms with van der Waals surface area (Å²) >= 11 is 0. The molecule has 0 amide bonds. The van der Waals surface area contributed by atoms with Crippen LogP contribution in [-0.2, 0) is 5.54 Å². The first kappa shape index (κ1) is 24.5. The fourth-order valence-electron chi connectivity index (χ4n) is 4.00. The zero-order chi connectivity index (χ0) is 22.7. The number of piperidine rings is 1. The highest BCUT2D eigenvalue weighted by Crippen LogP contribution is 2.34. The Labute approximate surface area is 187 Å². The van der Waals surface area contributed by atoms with E-state index < -0.39 is 6.23 Å². The number of hydrogen-bond donors (Lipinski definition) is 2. The Morgan fingerprint density at radius 2 is 2.10 bits per heavy atom. The smallest absolute Gasteiger partial charge is 0.110 e. The average Bonchev–Trinajstić information content (AvgIpc) is 3.27. The molecule has 2 N–H and O–H groups in total. The van der Waals surface area contributed by atoms with E-state index in [1.165, 1.54) is 11.3 Å². The first-order valence-electron chi connectivity index (χ1n) is 11.2. The van der Waals surface area contributed by atoms with Gasteiger partial charge in [-0.05, 0) is 68.8 Å². The molecular weight excluding hydrogens is 384 g/mol. The lowest BCUT2D eigenvalue weighted by molar-refractivity contribution is -0.0228. The van der Waals surface area contributed by atoms with Gasteiger partial charge in [-0.1, -0.05) is 32.1 Å². The van der Waals surface area contributed by atoms with E-state index in [-0.39, 0.29) is 5.54 Å². The van der Waals surface area contributed by atoms with Gasteiger partial charge in [0.15, 0.2) is 0 Å². The van der Waals surface area contributed by atoms with Crippen molar-refractivity contribution < 1.29 is 5.11 Å². The number of nitrogens with zero attached hydrogens (tertiary/aromatic N) is 3. The highest BCUT2D eigenvalue weighted by atomic mass is 16.3. The third kappa shape index (κ3) is 6.33. The summed E-state index contributed by atoms with van der Waals surface area (Å²) in [4.78, 5) is 2.10. The second kappa shape index (κ2) is 12.1. The number of aliphatic hydroxyl groups excluding tert-OH is 1. The van der Waals surface area contributed by atoms with Crippen molar-refractivity contribution in [3.8, 4) is 6.07 Å². The molecule has 2 aliphatic heterocycles. The molecular formula is C26H36N4O. The lowest BCUT2D eigenvalue weighted by Crippen LogP contribution is -2.52. The molecule has 3 heterocycles. The van der Waals surface area contributed by atoms with Gasteiger partial charge in [0.25, 0.3) is 0 Å². The van der Waals surface area contributed by atoms with Crippen molar-refractivity contribution in [1.29, 1.82) is 5.26 Å². The molecule has 3 rings (SSSR count). The second-order valence-electron chi connectivity index (χ2n) is 7.64. The van der Waals surface area contributed by atoms with E-state index in [2.05, 4.69) is 70.5 Å². The minimum Gasteiger partial charge on any atom is -0.380 e. The first-order valence-corrected chi connectivity index (χ1v) is 11.2. The highest BCUT2D eigenvalue weighted by molar-refractivity contribution is 5.38. The SMILES string of the molecule is C/C=C\C(C#N)=C/CC(O)N1CCC2(CC1)N/C=C/C(C)=C\C=C\n1cccc12.CC. The summed E-state index contributed by atoms with van der Waals surface area (Å²) < 4.78 is 2.18. The number of nitrogens with one attached hydrogen (secondary N) is 1. The zero-order valence-corrected chi connectivity index (χ0v) is 19.3. The van der Waals surface area contributed by atoms with E-state index in [4.69, 9.17) is 5.26 Å². The summed E-state index contributed by atoms with van der Waals surface area (Å²) in [5.74, 6) is 0. The van der Waals surface area contributed by atoms with Crippen LogP contribution in [0.4, 0.5) is 0 Å². The van der Waals surface area contributed by atoms with Gasteiger partial charge in [-0.15, -0.1) is 0 Å². The third-order valence-corrected chi connectivity index (χ3v) is 5.68. The molecule has 1 aromatic rings. The highest BCUT2D eigenvalue weighted by Gasteiger charge is 2.38. The Morgan fingerprint density at radius 3 is 2.77 bits per heavy atom.